The summed E-state index contributed by atoms with van der Waals surface area (Å²) in [5.41, 5.74) is 8.24. The van der Waals surface area contributed by atoms with Crippen molar-refractivity contribution in [2.75, 3.05) is 5.73 Å². The van der Waals surface area contributed by atoms with Gasteiger partial charge in [0.25, 0.3) is 0 Å². The standard InChI is InChI=1S/C15H17BrFN3/c1-8(2)4-12-13(16)14(18)20-15(19-12)10-5-9(3)6-11(17)7-10/h5-8H,4H2,1-3H3,(H2,18,19,20). The van der Waals surface area contributed by atoms with E-state index in [-0.39, 0.29) is 5.82 Å². The van der Waals surface area contributed by atoms with Gasteiger partial charge in [-0.1, -0.05) is 13.8 Å². The molecule has 1 aromatic carbocycles. The maximum Gasteiger partial charge on any atom is 0.161 e. The van der Waals surface area contributed by atoms with E-state index in [1.807, 2.05) is 13.0 Å². The number of benzene rings is 1. The van der Waals surface area contributed by atoms with Crippen molar-refractivity contribution in [2.24, 2.45) is 5.92 Å². The minimum atomic E-state index is -0.296. The average Bonchev–Trinajstić information content (AvgIpc) is 2.32. The summed E-state index contributed by atoms with van der Waals surface area (Å²) in [5, 5.41) is 0. The molecule has 0 saturated heterocycles. The lowest BCUT2D eigenvalue weighted by molar-refractivity contribution is 0.626. The SMILES string of the molecule is Cc1cc(F)cc(-c2nc(N)c(Br)c(CC(C)C)n2)c1. The van der Waals surface area contributed by atoms with Crippen LogP contribution in [0.5, 0.6) is 0 Å². The molecular formula is C15H17BrFN3. The first kappa shape index (κ1) is 14.9. The number of nitrogen functional groups attached to an aromatic ring is 1. The van der Waals surface area contributed by atoms with Gasteiger partial charge in [-0.25, -0.2) is 14.4 Å². The molecular weight excluding hydrogens is 321 g/mol. The van der Waals surface area contributed by atoms with E-state index in [1.165, 1.54) is 12.1 Å². The van der Waals surface area contributed by atoms with Gasteiger partial charge in [0.2, 0.25) is 0 Å². The first-order valence-electron chi connectivity index (χ1n) is 6.46. The Morgan fingerprint density at radius 3 is 2.55 bits per heavy atom. The molecule has 0 amide bonds. The van der Waals surface area contributed by atoms with E-state index in [9.17, 15) is 4.39 Å². The Balaban J connectivity index is 2.54. The van der Waals surface area contributed by atoms with Crippen molar-refractivity contribution in [3.8, 4) is 11.4 Å². The zero-order chi connectivity index (χ0) is 14.9. The highest BCUT2D eigenvalue weighted by Crippen LogP contribution is 2.27. The molecule has 2 rings (SSSR count). The van der Waals surface area contributed by atoms with Gasteiger partial charge in [0.1, 0.15) is 11.6 Å². The summed E-state index contributed by atoms with van der Waals surface area (Å²) in [6, 6.07) is 4.75. The molecule has 0 aliphatic rings. The minimum absolute atomic E-state index is 0.296. The highest BCUT2D eigenvalue weighted by atomic mass is 79.9. The van der Waals surface area contributed by atoms with Crippen molar-refractivity contribution >= 4 is 21.7 Å². The molecule has 20 heavy (non-hydrogen) atoms. The van der Waals surface area contributed by atoms with E-state index < -0.39 is 0 Å². The van der Waals surface area contributed by atoms with Crippen LogP contribution in [0.15, 0.2) is 22.7 Å². The summed E-state index contributed by atoms with van der Waals surface area (Å²) >= 11 is 3.42. The molecule has 106 valence electrons. The lowest BCUT2D eigenvalue weighted by Crippen LogP contribution is -2.06. The van der Waals surface area contributed by atoms with Crippen LogP contribution in [0.2, 0.25) is 0 Å². The van der Waals surface area contributed by atoms with E-state index >= 15 is 0 Å². The molecule has 5 heteroatoms. The van der Waals surface area contributed by atoms with Crippen molar-refractivity contribution in [2.45, 2.75) is 27.2 Å². The molecule has 0 aliphatic heterocycles. The fourth-order valence-corrected chi connectivity index (χ4v) is 2.37. The van der Waals surface area contributed by atoms with Gasteiger partial charge in [0.15, 0.2) is 5.82 Å². The number of anilines is 1. The van der Waals surface area contributed by atoms with Crippen LogP contribution in [0, 0.1) is 18.7 Å². The number of nitrogens with zero attached hydrogens (tertiary/aromatic N) is 2. The highest BCUT2D eigenvalue weighted by molar-refractivity contribution is 9.10. The van der Waals surface area contributed by atoms with Gasteiger partial charge >= 0.3 is 0 Å². The van der Waals surface area contributed by atoms with Crippen molar-refractivity contribution in [1.29, 1.82) is 0 Å². The number of nitrogens with two attached hydrogens (primary N) is 1. The van der Waals surface area contributed by atoms with Crippen LogP contribution in [0.25, 0.3) is 11.4 Å². The molecule has 1 aromatic heterocycles. The lowest BCUT2D eigenvalue weighted by atomic mass is 10.1. The highest BCUT2D eigenvalue weighted by Gasteiger charge is 2.13. The molecule has 2 N–H and O–H groups in total. The van der Waals surface area contributed by atoms with Crippen LogP contribution in [0.4, 0.5) is 10.2 Å². The normalized spacial score (nSPS) is 11.1. The van der Waals surface area contributed by atoms with E-state index in [0.717, 1.165) is 22.2 Å². The quantitative estimate of drug-likeness (QED) is 0.915. The van der Waals surface area contributed by atoms with Crippen molar-refractivity contribution in [1.82, 2.24) is 9.97 Å². The van der Waals surface area contributed by atoms with E-state index in [0.29, 0.717) is 23.1 Å². The Labute approximate surface area is 126 Å². The zero-order valence-electron chi connectivity index (χ0n) is 11.7. The Bertz CT molecular complexity index is 621. The molecule has 0 aliphatic carbocycles. The number of aromatic nitrogens is 2. The smallest absolute Gasteiger partial charge is 0.161 e. The van der Waals surface area contributed by atoms with Gasteiger partial charge in [-0.05, 0) is 59.0 Å². The molecule has 1 heterocycles. The van der Waals surface area contributed by atoms with Crippen LogP contribution >= 0.6 is 15.9 Å². The van der Waals surface area contributed by atoms with Crippen LogP contribution in [0.1, 0.15) is 25.1 Å². The van der Waals surface area contributed by atoms with Crippen LogP contribution in [0.3, 0.4) is 0 Å². The van der Waals surface area contributed by atoms with Crippen LogP contribution in [-0.2, 0) is 6.42 Å². The monoisotopic (exact) mass is 337 g/mol. The van der Waals surface area contributed by atoms with E-state index in [4.69, 9.17) is 5.73 Å². The predicted octanol–water partition coefficient (Wildman–Crippen LogP) is 4.13. The number of hydrogen-bond acceptors (Lipinski definition) is 3. The summed E-state index contributed by atoms with van der Waals surface area (Å²) in [6.45, 7) is 6.05. The summed E-state index contributed by atoms with van der Waals surface area (Å²) < 4.78 is 14.2. The first-order chi connectivity index (χ1) is 9.36. The third kappa shape index (κ3) is 3.33. The van der Waals surface area contributed by atoms with Crippen molar-refractivity contribution in [3.63, 3.8) is 0 Å². The van der Waals surface area contributed by atoms with Gasteiger partial charge in [-0.2, -0.15) is 0 Å². The number of rotatable bonds is 3. The van der Waals surface area contributed by atoms with Gasteiger partial charge in [0.05, 0.1) is 10.2 Å². The molecule has 0 fully saturated rings. The third-order valence-corrected chi connectivity index (χ3v) is 3.71. The predicted molar refractivity (Wildman–Crippen MR) is 82.8 cm³/mol. The second-order valence-electron chi connectivity index (χ2n) is 5.31. The molecule has 0 atom stereocenters. The Hall–Kier alpha value is -1.49. The summed E-state index contributed by atoms with van der Waals surface area (Å²) in [6.07, 6.45) is 0.786. The average molecular weight is 338 g/mol. The molecule has 0 saturated carbocycles. The maximum atomic E-state index is 13.5. The second kappa shape index (κ2) is 5.87. The summed E-state index contributed by atoms with van der Waals surface area (Å²) in [4.78, 5) is 8.77. The molecule has 0 spiro atoms. The second-order valence-corrected chi connectivity index (χ2v) is 6.10. The molecule has 3 nitrogen and oxygen atoms in total. The maximum absolute atomic E-state index is 13.5. The molecule has 0 radical (unpaired) electrons. The summed E-state index contributed by atoms with van der Waals surface area (Å²) in [5.74, 6) is 0.995. The van der Waals surface area contributed by atoms with E-state index in [1.54, 1.807) is 0 Å². The summed E-state index contributed by atoms with van der Waals surface area (Å²) in [7, 11) is 0. The topological polar surface area (TPSA) is 51.8 Å². The number of hydrogen-bond donors (Lipinski definition) is 1. The fraction of sp³-hybridized carbons (Fsp3) is 0.333. The lowest BCUT2D eigenvalue weighted by Gasteiger charge is -2.11. The number of halogens is 2. The molecule has 0 unspecified atom stereocenters. The minimum Gasteiger partial charge on any atom is -0.383 e. The van der Waals surface area contributed by atoms with Gasteiger partial charge in [-0.15, -0.1) is 0 Å². The zero-order valence-corrected chi connectivity index (χ0v) is 13.3. The van der Waals surface area contributed by atoms with E-state index in [2.05, 4.69) is 39.7 Å². The van der Waals surface area contributed by atoms with Gasteiger partial charge in [-0.3, -0.25) is 0 Å². The Morgan fingerprint density at radius 2 is 1.95 bits per heavy atom. The molecule has 2 aromatic rings. The fourth-order valence-electron chi connectivity index (χ4n) is 2.03. The Morgan fingerprint density at radius 1 is 1.25 bits per heavy atom. The first-order valence-corrected chi connectivity index (χ1v) is 7.25. The largest absolute Gasteiger partial charge is 0.383 e. The van der Waals surface area contributed by atoms with Crippen molar-refractivity contribution < 1.29 is 4.39 Å². The molecule has 0 bridgehead atoms. The van der Waals surface area contributed by atoms with Crippen molar-refractivity contribution in [3.05, 3.63) is 39.7 Å². The van der Waals surface area contributed by atoms with Crippen LogP contribution < -0.4 is 5.73 Å². The van der Waals surface area contributed by atoms with Gasteiger partial charge < -0.3 is 5.73 Å². The van der Waals surface area contributed by atoms with Crippen LogP contribution in [-0.4, -0.2) is 9.97 Å². The van der Waals surface area contributed by atoms with Gasteiger partial charge in [0, 0.05) is 5.56 Å². The Kier molecular flexibility index (Phi) is 4.38. The third-order valence-electron chi connectivity index (χ3n) is 2.85. The number of aryl methyl sites for hydroxylation is 1.